The molecule has 0 bridgehead atoms. The number of carbonyl (C=O) groups is 1. The van der Waals surface area contributed by atoms with E-state index in [1.807, 2.05) is 0 Å². The van der Waals surface area contributed by atoms with E-state index in [1.54, 1.807) is 35.6 Å². The Balaban J connectivity index is 1.50. The Morgan fingerprint density at radius 2 is 2.09 bits per heavy atom. The Morgan fingerprint density at radius 1 is 1.36 bits per heavy atom. The Hall–Kier alpha value is -1.36. The number of aliphatic hydroxyl groups is 1. The quantitative estimate of drug-likeness (QED) is 0.876. The zero-order chi connectivity index (χ0) is 15.7. The van der Waals surface area contributed by atoms with E-state index in [4.69, 9.17) is 11.6 Å². The van der Waals surface area contributed by atoms with Gasteiger partial charge in [-0.25, -0.2) is 0 Å². The van der Waals surface area contributed by atoms with E-state index in [9.17, 15) is 9.90 Å². The average Bonchev–Trinajstić information content (AvgIpc) is 3.20. The summed E-state index contributed by atoms with van der Waals surface area (Å²) in [5, 5.41) is 13.6. The van der Waals surface area contributed by atoms with Crippen LogP contribution in [0.2, 0.25) is 5.02 Å². The van der Waals surface area contributed by atoms with Crippen molar-refractivity contribution in [3.63, 3.8) is 0 Å². The highest BCUT2D eigenvalue weighted by Gasteiger charge is 2.44. The number of aryl methyl sites for hydroxylation is 1. The molecular formula is C17H18ClNO2S. The smallest absolute Gasteiger partial charge is 0.223 e. The molecule has 1 saturated carbocycles. The second-order valence-electron chi connectivity index (χ2n) is 5.71. The van der Waals surface area contributed by atoms with Crippen molar-refractivity contribution in [3.05, 3.63) is 56.7 Å². The number of hydrogen-bond acceptors (Lipinski definition) is 3. The van der Waals surface area contributed by atoms with Gasteiger partial charge in [0.1, 0.15) is 0 Å². The maximum absolute atomic E-state index is 12.1. The van der Waals surface area contributed by atoms with Gasteiger partial charge in [0.05, 0.1) is 6.10 Å². The Labute approximate surface area is 138 Å². The van der Waals surface area contributed by atoms with Crippen LogP contribution in [-0.4, -0.2) is 17.6 Å². The highest BCUT2D eigenvalue weighted by atomic mass is 35.5. The third kappa shape index (κ3) is 3.51. The predicted octanol–water partition coefficient (Wildman–Crippen LogP) is 3.66. The molecule has 0 spiro atoms. The van der Waals surface area contributed by atoms with Gasteiger partial charge in [0.2, 0.25) is 5.91 Å². The van der Waals surface area contributed by atoms with Gasteiger partial charge in [0.15, 0.2) is 0 Å². The number of aliphatic hydroxyl groups excluding tert-OH is 1. The molecule has 0 aliphatic heterocycles. The van der Waals surface area contributed by atoms with Crippen molar-refractivity contribution in [1.29, 1.82) is 0 Å². The summed E-state index contributed by atoms with van der Waals surface area (Å²) in [6.07, 6.45) is 0.199. The van der Waals surface area contributed by atoms with Crippen LogP contribution < -0.4 is 5.32 Å². The minimum atomic E-state index is -0.706. The first-order chi connectivity index (χ1) is 10.5. The van der Waals surface area contributed by atoms with Gasteiger partial charge in [-0.1, -0.05) is 23.7 Å². The topological polar surface area (TPSA) is 49.3 Å². The first-order valence-electron chi connectivity index (χ1n) is 7.32. The van der Waals surface area contributed by atoms with Gasteiger partial charge in [-0.2, -0.15) is 0 Å². The van der Waals surface area contributed by atoms with Gasteiger partial charge in [0.25, 0.3) is 0 Å². The molecule has 22 heavy (non-hydrogen) atoms. The normalized spacial score (nSPS) is 21.4. The summed E-state index contributed by atoms with van der Waals surface area (Å²) >= 11 is 7.58. The second-order valence-corrected chi connectivity index (χ2v) is 7.47. The summed E-state index contributed by atoms with van der Waals surface area (Å²) in [6.45, 7) is 2.31. The molecule has 1 fully saturated rings. The van der Waals surface area contributed by atoms with Gasteiger partial charge < -0.3 is 10.4 Å². The van der Waals surface area contributed by atoms with E-state index in [2.05, 4.69) is 24.4 Å². The van der Waals surface area contributed by atoms with Crippen molar-refractivity contribution in [1.82, 2.24) is 5.32 Å². The number of thiophene rings is 1. The monoisotopic (exact) mass is 335 g/mol. The lowest BCUT2D eigenvalue weighted by Crippen LogP contribution is -2.29. The number of hydrogen-bond donors (Lipinski definition) is 2. The van der Waals surface area contributed by atoms with E-state index in [0.29, 0.717) is 10.9 Å². The van der Waals surface area contributed by atoms with Gasteiger partial charge in [-0.15, -0.1) is 11.3 Å². The standard InChI is InChI=1S/C17H18ClNO2S/c1-10-2-7-16(22-10)13-8-14(13)17(21)19-9-15(20)11-3-5-12(18)6-4-11/h2-7,13-15,20H,8-9H2,1H3,(H,19,21). The minimum Gasteiger partial charge on any atom is -0.387 e. The van der Waals surface area contributed by atoms with Crippen LogP contribution in [0.1, 0.15) is 33.8 Å². The summed E-state index contributed by atoms with van der Waals surface area (Å²) < 4.78 is 0. The number of nitrogens with one attached hydrogen (secondary N) is 1. The molecule has 1 heterocycles. The van der Waals surface area contributed by atoms with Crippen molar-refractivity contribution in [2.24, 2.45) is 5.92 Å². The molecule has 3 rings (SSSR count). The highest BCUT2D eigenvalue weighted by molar-refractivity contribution is 7.12. The van der Waals surface area contributed by atoms with E-state index in [1.165, 1.54) is 9.75 Å². The fraction of sp³-hybridized carbons (Fsp3) is 0.353. The van der Waals surface area contributed by atoms with Gasteiger partial charge in [-0.05, 0) is 43.2 Å². The van der Waals surface area contributed by atoms with Crippen molar-refractivity contribution in [2.75, 3.05) is 6.54 Å². The first kappa shape index (κ1) is 15.5. The number of halogens is 1. The highest BCUT2D eigenvalue weighted by Crippen LogP contribution is 2.49. The number of rotatable bonds is 5. The van der Waals surface area contributed by atoms with E-state index < -0.39 is 6.10 Å². The maximum Gasteiger partial charge on any atom is 0.223 e. The molecule has 1 aromatic heterocycles. The van der Waals surface area contributed by atoms with Crippen LogP contribution in [0.25, 0.3) is 0 Å². The fourth-order valence-corrected chi connectivity index (χ4v) is 3.76. The minimum absolute atomic E-state index is 0.0315. The van der Waals surface area contributed by atoms with Crippen molar-refractivity contribution >= 4 is 28.8 Å². The molecule has 116 valence electrons. The third-order valence-corrected chi connectivity index (χ3v) is 5.36. The van der Waals surface area contributed by atoms with Crippen LogP contribution in [0, 0.1) is 12.8 Å². The number of benzene rings is 1. The van der Waals surface area contributed by atoms with E-state index in [0.717, 1.165) is 12.0 Å². The van der Waals surface area contributed by atoms with Crippen LogP contribution in [-0.2, 0) is 4.79 Å². The average molecular weight is 336 g/mol. The zero-order valence-corrected chi connectivity index (χ0v) is 13.8. The Kier molecular flexibility index (Phi) is 4.52. The lowest BCUT2D eigenvalue weighted by molar-refractivity contribution is -0.122. The van der Waals surface area contributed by atoms with Crippen LogP contribution in [0.15, 0.2) is 36.4 Å². The third-order valence-electron chi connectivity index (χ3n) is 3.98. The summed E-state index contributed by atoms with van der Waals surface area (Å²) in [5.41, 5.74) is 0.755. The van der Waals surface area contributed by atoms with Gasteiger partial charge in [-0.3, -0.25) is 4.79 Å². The lowest BCUT2D eigenvalue weighted by Gasteiger charge is -2.12. The largest absolute Gasteiger partial charge is 0.387 e. The molecule has 1 aliphatic carbocycles. The lowest BCUT2D eigenvalue weighted by atomic mass is 10.1. The summed E-state index contributed by atoms with van der Waals surface area (Å²) in [5.74, 6) is 0.436. The predicted molar refractivity (Wildman–Crippen MR) is 89.3 cm³/mol. The number of carbonyl (C=O) groups excluding carboxylic acids is 1. The van der Waals surface area contributed by atoms with E-state index in [-0.39, 0.29) is 18.4 Å². The second kappa shape index (κ2) is 6.41. The zero-order valence-electron chi connectivity index (χ0n) is 12.3. The summed E-state index contributed by atoms with van der Waals surface area (Å²) in [6, 6.07) is 11.2. The number of amides is 1. The molecule has 0 saturated heterocycles. The summed E-state index contributed by atoms with van der Waals surface area (Å²) in [7, 11) is 0. The summed E-state index contributed by atoms with van der Waals surface area (Å²) in [4.78, 5) is 14.7. The molecule has 1 amide bonds. The van der Waals surface area contributed by atoms with Crippen molar-refractivity contribution < 1.29 is 9.90 Å². The van der Waals surface area contributed by atoms with Crippen LogP contribution in [0.4, 0.5) is 0 Å². The fourth-order valence-electron chi connectivity index (χ4n) is 2.58. The molecular weight excluding hydrogens is 318 g/mol. The van der Waals surface area contributed by atoms with Crippen LogP contribution in [0.3, 0.4) is 0 Å². The first-order valence-corrected chi connectivity index (χ1v) is 8.51. The van der Waals surface area contributed by atoms with Crippen molar-refractivity contribution in [2.45, 2.75) is 25.4 Å². The van der Waals surface area contributed by atoms with Gasteiger partial charge in [0, 0.05) is 33.2 Å². The Morgan fingerprint density at radius 3 is 2.73 bits per heavy atom. The van der Waals surface area contributed by atoms with Crippen LogP contribution >= 0.6 is 22.9 Å². The molecule has 2 aromatic rings. The molecule has 2 N–H and O–H groups in total. The molecule has 3 atom stereocenters. The SMILES string of the molecule is Cc1ccc(C2CC2C(=O)NCC(O)c2ccc(Cl)cc2)s1. The molecule has 1 aromatic carbocycles. The maximum atomic E-state index is 12.1. The van der Waals surface area contributed by atoms with Crippen LogP contribution in [0.5, 0.6) is 0 Å². The molecule has 0 radical (unpaired) electrons. The molecule has 3 nitrogen and oxygen atoms in total. The molecule has 5 heteroatoms. The van der Waals surface area contributed by atoms with E-state index >= 15 is 0 Å². The molecule has 1 aliphatic rings. The molecule has 3 unspecified atom stereocenters. The Bertz CT molecular complexity index is 668. The van der Waals surface area contributed by atoms with Gasteiger partial charge >= 0.3 is 0 Å². The van der Waals surface area contributed by atoms with Crippen molar-refractivity contribution in [3.8, 4) is 0 Å².